The van der Waals surface area contributed by atoms with E-state index in [-0.39, 0.29) is 16.3 Å². The van der Waals surface area contributed by atoms with Crippen molar-refractivity contribution in [2.45, 2.75) is 16.0 Å². The zero-order valence-electron chi connectivity index (χ0n) is 17.3. The van der Waals surface area contributed by atoms with Gasteiger partial charge in [0.15, 0.2) is 0 Å². The molecule has 0 amide bonds. The van der Waals surface area contributed by atoms with Crippen LogP contribution in [0.5, 0.6) is 5.75 Å². The highest BCUT2D eigenvalue weighted by Gasteiger charge is 2.15. The molecule has 0 radical (unpaired) electrons. The summed E-state index contributed by atoms with van der Waals surface area (Å²) in [5.41, 5.74) is 1.23. The van der Waals surface area contributed by atoms with Crippen LogP contribution in [0.3, 0.4) is 0 Å². The Labute approximate surface area is 194 Å². The van der Waals surface area contributed by atoms with Crippen molar-refractivity contribution in [1.29, 1.82) is 0 Å². The number of nitrogens with zero attached hydrogens (tertiary/aromatic N) is 4. The average molecular weight is 489 g/mol. The Morgan fingerprint density at radius 1 is 1.00 bits per heavy atom. The van der Waals surface area contributed by atoms with E-state index >= 15 is 0 Å². The fourth-order valence-electron chi connectivity index (χ4n) is 2.52. The number of rotatable bonds is 10. The third kappa shape index (κ3) is 6.89. The highest BCUT2D eigenvalue weighted by Crippen LogP contribution is 2.32. The molecule has 0 bridgehead atoms. The van der Waals surface area contributed by atoms with Gasteiger partial charge in [0, 0.05) is 10.5 Å². The summed E-state index contributed by atoms with van der Waals surface area (Å²) in [5, 5.41) is 26.8. The molecule has 4 N–H and O–H groups in total. The Bertz CT molecular complexity index is 1220. The van der Waals surface area contributed by atoms with Crippen LogP contribution < -0.4 is 10.6 Å². The fourth-order valence-corrected chi connectivity index (χ4v) is 3.63. The van der Waals surface area contributed by atoms with E-state index in [1.807, 2.05) is 18.2 Å². The van der Waals surface area contributed by atoms with Crippen LogP contribution in [0.1, 0.15) is 11.7 Å². The van der Waals surface area contributed by atoms with Crippen LogP contribution in [0.2, 0.25) is 0 Å². The number of nitrogens with two attached hydrogens (primary N) is 1. The minimum absolute atomic E-state index is 0.0223. The van der Waals surface area contributed by atoms with Gasteiger partial charge in [0.2, 0.25) is 16.2 Å². The molecule has 0 spiro atoms. The molecule has 0 saturated heterocycles. The average Bonchev–Trinajstić information content (AvgIpc) is 2.84. The molecule has 3 aromatic rings. The fraction of sp³-hybridized carbons (Fsp3) is 0.100. The summed E-state index contributed by atoms with van der Waals surface area (Å²) in [4.78, 5) is 4.73. The largest absolute Gasteiger partial charge is 0.506 e. The quantitative estimate of drug-likeness (QED) is 0.161. The van der Waals surface area contributed by atoms with Crippen molar-refractivity contribution in [3.05, 3.63) is 78.4 Å². The summed E-state index contributed by atoms with van der Waals surface area (Å²) in [6.45, 7) is 0. The molecule has 0 aliphatic carbocycles. The van der Waals surface area contributed by atoms with Crippen molar-refractivity contribution in [2.75, 3.05) is 7.05 Å². The van der Waals surface area contributed by atoms with Crippen LogP contribution in [0, 0.1) is 0 Å². The number of hydrogen-bond donors (Lipinski definition) is 3. The van der Waals surface area contributed by atoms with Gasteiger partial charge in [0.25, 0.3) is 0 Å². The van der Waals surface area contributed by atoms with E-state index in [9.17, 15) is 13.5 Å². The van der Waals surface area contributed by atoms with Gasteiger partial charge in [-0.15, -0.1) is 14.4 Å². The molecule has 0 aliphatic heterocycles. The number of hydrogen-bond acceptors (Lipinski definition) is 11. The van der Waals surface area contributed by atoms with E-state index in [0.29, 0.717) is 11.3 Å². The van der Waals surface area contributed by atoms with Crippen molar-refractivity contribution in [3.63, 3.8) is 0 Å². The zero-order valence-corrected chi connectivity index (χ0v) is 18.9. The molecule has 172 valence electrons. The van der Waals surface area contributed by atoms with E-state index < -0.39 is 16.2 Å². The molecule has 11 nitrogen and oxygen atoms in total. The Hall–Kier alpha value is -3.20. The van der Waals surface area contributed by atoms with E-state index in [1.54, 1.807) is 36.4 Å². The van der Waals surface area contributed by atoms with Gasteiger partial charge in [-0.25, -0.2) is 13.1 Å². The lowest BCUT2D eigenvalue weighted by Gasteiger charge is -2.07. The Morgan fingerprint density at radius 2 is 1.70 bits per heavy atom. The zero-order chi connectivity index (χ0) is 23.7. The van der Waals surface area contributed by atoms with E-state index in [4.69, 9.17) is 5.90 Å². The normalized spacial score (nSPS) is 13.0. The molecule has 0 heterocycles. The van der Waals surface area contributed by atoms with Crippen LogP contribution in [0.15, 0.2) is 103 Å². The highest BCUT2D eigenvalue weighted by atomic mass is 32.2. The SMILES string of the molecule is CNS(=O)(=O)c1ccc(O)c(N=NC(N=Nc2ccc(SOON)cc2)c2ccccc2)c1. The molecular weight excluding hydrogens is 468 g/mol. The van der Waals surface area contributed by atoms with Gasteiger partial charge in [-0.1, -0.05) is 30.3 Å². The number of nitrogens with one attached hydrogen (secondary N) is 1. The Balaban J connectivity index is 1.88. The van der Waals surface area contributed by atoms with E-state index in [0.717, 1.165) is 16.9 Å². The maximum absolute atomic E-state index is 12.0. The van der Waals surface area contributed by atoms with Gasteiger partial charge < -0.3 is 5.11 Å². The number of aromatic hydroxyl groups is 1. The predicted octanol–water partition coefficient (Wildman–Crippen LogP) is 4.70. The van der Waals surface area contributed by atoms with Crippen molar-refractivity contribution in [1.82, 2.24) is 4.72 Å². The van der Waals surface area contributed by atoms with Crippen LogP contribution in [-0.4, -0.2) is 20.6 Å². The highest BCUT2D eigenvalue weighted by molar-refractivity contribution is 7.94. The molecule has 1 unspecified atom stereocenters. The van der Waals surface area contributed by atoms with Crippen molar-refractivity contribution < 1.29 is 22.8 Å². The lowest BCUT2D eigenvalue weighted by Crippen LogP contribution is -2.18. The number of phenols is 1. The minimum Gasteiger partial charge on any atom is -0.506 e. The van der Waals surface area contributed by atoms with Gasteiger partial charge in [-0.2, -0.15) is 21.2 Å². The maximum atomic E-state index is 12.0. The van der Waals surface area contributed by atoms with Crippen molar-refractivity contribution >= 4 is 33.4 Å². The minimum atomic E-state index is -3.71. The number of phenolic OH excluding ortho intramolecular Hbond substituents is 1. The summed E-state index contributed by atoms with van der Waals surface area (Å²) in [6, 6.07) is 19.7. The Morgan fingerprint density at radius 3 is 2.36 bits per heavy atom. The number of benzene rings is 3. The standard InChI is InChI=1S/C20H20N6O5S2/c1-22-33(28,29)17-11-12-19(27)18(13-17)24-26-20(14-5-3-2-4-6-14)25-23-15-7-9-16(10-8-15)32-31-30-21/h2-13,20,22,27H,21H2,1H3. The van der Waals surface area contributed by atoms with Crippen LogP contribution in [-0.2, 0) is 19.3 Å². The lowest BCUT2D eigenvalue weighted by atomic mass is 10.2. The molecule has 0 saturated carbocycles. The predicted molar refractivity (Wildman–Crippen MR) is 121 cm³/mol. The maximum Gasteiger partial charge on any atom is 0.240 e. The first-order chi connectivity index (χ1) is 15.9. The van der Waals surface area contributed by atoms with Gasteiger partial charge in [-0.3, -0.25) is 0 Å². The molecule has 33 heavy (non-hydrogen) atoms. The monoisotopic (exact) mass is 488 g/mol. The third-order valence-electron chi connectivity index (χ3n) is 4.19. The summed E-state index contributed by atoms with van der Waals surface area (Å²) in [5.74, 6) is 4.59. The first-order valence-electron chi connectivity index (χ1n) is 9.36. The molecule has 3 aromatic carbocycles. The third-order valence-corrected chi connectivity index (χ3v) is 6.21. The van der Waals surface area contributed by atoms with E-state index in [1.165, 1.54) is 25.2 Å². The molecular formula is C20H20N6O5S2. The summed E-state index contributed by atoms with van der Waals surface area (Å²) >= 11 is 0.938. The second-order valence-corrected chi connectivity index (χ2v) is 8.98. The van der Waals surface area contributed by atoms with Crippen molar-refractivity contribution in [3.8, 4) is 5.75 Å². The van der Waals surface area contributed by atoms with Crippen molar-refractivity contribution in [2.24, 2.45) is 26.4 Å². The van der Waals surface area contributed by atoms with Crippen LogP contribution in [0.25, 0.3) is 0 Å². The van der Waals surface area contributed by atoms with Gasteiger partial charge in [-0.05, 0) is 49.5 Å². The first-order valence-corrected chi connectivity index (χ1v) is 11.6. The van der Waals surface area contributed by atoms with Gasteiger partial charge >= 0.3 is 0 Å². The molecule has 0 aliphatic rings. The molecule has 0 aromatic heterocycles. The smallest absolute Gasteiger partial charge is 0.240 e. The van der Waals surface area contributed by atoms with Crippen LogP contribution in [0.4, 0.5) is 11.4 Å². The van der Waals surface area contributed by atoms with E-state index in [2.05, 4.69) is 34.5 Å². The second kappa shape index (κ2) is 11.6. The van der Waals surface area contributed by atoms with Crippen LogP contribution >= 0.6 is 12.0 Å². The topological polar surface area (TPSA) is 160 Å². The van der Waals surface area contributed by atoms with Gasteiger partial charge in [0.1, 0.15) is 11.4 Å². The molecule has 1 atom stereocenters. The summed E-state index contributed by atoms with van der Waals surface area (Å²) < 4.78 is 30.9. The molecule has 0 fully saturated rings. The number of azo groups is 2. The second-order valence-electron chi connectivity index (χ2n) is 6.31. The molecule has 13 heteroatoms. The Kier molecular flexibility index (Phi) is 8.59. The number of sulfonamides is 1. The van der Waals surface area contributed by atoms with Gasteiger partial charge in [0.05, 0.1) is 22.6 Å². The summed E-state index contributed by atoms with van der Waals surface area (Å²) in [7, 11) is -2.42. The molecule has 3 rings (SSSR count). The lowest BCUT2D eigenvalue weighted by molar-refractivity contribution is -0.195. The summed E-state index contributed by atoms with van der Waals surface area (Å²) in [6.07, 6.45) is -0.835. The first kappa shape index (κ1) is 24.4.